The SMILES string of the molecule is Cc1cc2c(cc1C)N(CCC(=O)O)CCS2. The Morgan fingerprint density at radius 2 is 2.12 bits per heavy atom. The summed E-state index contributed by atoms with van der Waals surface area (Å²) in [4.78, 5) is 14.1. The van der Waals surface area contributed by atoms with Crippen LogP contribution < -0.4 is 4.90 Å². The summed E-state index contributed by atoms with van der Waals surface area (Å²) in [6, 6.07) is 4.39. The van der Waals surface area contributed by atoms with E-state index in [1.165, 1.54) is 21.7 Å². The zero-order chi connectivity index (χ0) is 12.4. The first-order valence-corrected chi connectivity index (χ1v) is 6.77. The van der Waals surface area contributed by atoms with E-state index in [9.17, 15) is 4.79 Å². The van der Waals surface area contributed by atoms with Crippen molar-refractivity contribution < 1.29 is 9.90 Å². The average molecular weight is 251 g/mol. The van der Waals surface area contributed by atoms with Gasteiger partial charge in [-0.15, -0.1) is 11.8 Å². The molecule has 0 amide bonds. The van der Waals surface area contributed by atoms with Gasteiger partial charge in [0, 0.05) is 23.7 Å². The molecule has 2 rings (SSSR count). The van der Waals surface area contributed by atoms with E-state index in [1.807, 2.05) is 11.8 Å². The third-order valence-electron chi connectivity index (χ3n) is 3.13. The molecule has 0 fully saturated rings. The van der Waals surface area contributed by atoms with Crippen LogP contribution in [0.2, 0.25) is 0 Å². The number of aryl methyl sites for hydroxylation is 2. The monoisotopic (exact) mass is 251 g/mol. The van der Waals surface area contributed by atoms with Crippen molar-refractivity contribution in [3.05, 3.63) is 23.3 Å². The minimum atomic E-state index is -0.728. The first kappa shape index (κ1) is 12.3. The Kier molecular flexibility index (Phi) is 3.62. The Bertz CT molecular complexity index is 445. The molecule has 3 nitrogen and oxygen atoms in total. The van der Waals surface area contributed by atoms with Crippen molar-refractivity contribution in [3.63, 3.8) is 0 Å². The molecular formula is C13H17NO2S. The molecule has 0 aromatic heterocycles. The molecule has 0 radical (unpaired) electrons. The highest BCUT2D eigenvalue weighted by Crippen LogP contribution is 2.36. The van der Waals surface area contributed by atoms with Gasteiger partial charge in [-0.25, -0.2) is 0 Å². The summed E-state index contributed by atoms with van der Waals surface area (Å²) in [5.74, 6) is 0.309. The second kappa shape index (κ2) is 5.00. The second-order valence-corrected chi connectivity index (χ2v) is 5.52. The lowest BCUT2D eigenvalue weighted by atomic mass is 10.1. The van der Waals surface area contributed by atoms with Gasteiger partial charge in [0.25, 0.3) is 0 Å². The number of anilines is 1. The highest BCUT2D eigenvalue weighted by atomic mass is 32.2. The average Bonchev–Trinajstić information content (AvgIpc) is 2.28. The first-order chi connectivity index (χ1) is 8.08. The van der Waals surface area contributed by atoms with E-state index < -0.39 is 5.97 Å². The normalized spacial score (nSPS) is 14.6. The number of hydrogen-bond donors (Lipinski definition) is 1. The predicted molar refractivity (Wildman–Crippen MR) is 71.1 cm³/mol. The van der Waals surface area contributed by atoms with E-state index >= 15 is 0 Å². The van der Waals surface area contributed by atoms with Crippen molar-refractivity contribution in [1.82, 2.24) is 0 Å². The number of hydrogen-bond acceptors (Lipinski definition) is 3. The number of fused-ring (bicyclic) bond motifs is 1. The molecule has 92 valence electrons. The van der Waals surface area contributed by atoms with Crippen LogP contribution in [-0.2, 0) is 4.79 Å². The van der Waals surface area contributed by atoms with Gasteiger partial charge in [-0.05, 0) is 37.1 Å². The van der Waals surface area contributed by atoms with Gasteiger partial charge in [-0.2, -0.15) is 0 Å². The number of rotatable bonds is 3. The molecule has 0 aliphatic carbocycles. The van der Waals surface area contributed by atoms with Crippen LogP contribution in [0.3, 0.4) is 0 Å². The van der Waals surface area contributed by atoms with Gasteiger partial charge in [0.05, 0.1) is 12.1 Å². The number of benzene rings is 1. The largest absolute Gasteiger partial charge is 0.481 e. The molecule has 0 saturated carbocycles. The first-order valence-electron chi connectivity index (χ1n) is 5.78. The number of carboxylic acid groups (broad SMARTS) is 1. The third-order valence-corrected chi connectivity index (χ3v) is 4.16. The van der Waals surface area contributed by atoms with Crippen molar-refractivity contribution in [1.29, 1.82) is 0 Å². The molecule has 17 heavy (non-hydrogen) atoms. The smallest absolute Gasteiger partial charge is 0.305 e. The minimum absolute atomic E-state index is 0.205. The quantitative estimate of drug-likeness (QED) is 0.896. The Labute approximate surface area is 106 Å². The summed E-state index contributed by atoms with van der Waals surface area (Å²) in [6.45, 7) is 5.76. The zero-order valence-electron chi connectivity index (χ0n) is 10.2. The molecule has 4 heteroatoms. The lowest BCUT2D eigenvalue weighted by Gasteiger charge is -2.31. The molecule has 1 aliphatic heterocycles. The maximum Gasteiger partial charge on any atom is 0.305 e. The van der Waals surface area contributed by atoms with Crippen LogP contribution >= 0.6 is 11.8 Å². The number of thioether (sulfide) groups is 1. The molecule has 0 bridgehead atoms. The Balaban J connectivity index is 2.24. The van der Waals surface area contributed by atoms with E-state index in [0.29, 0.717) is 6.54 Å². The van der Waals surface area contributed by atoms with Crippen molar-refractivity contribution >= 4 is 23.4 Å². The lowest BCUT2D eigenvalue weighted by molar-refractivity contribution is -0.136. The highest BCUT2D eigenvalue weighted by molar-refractivity contribution is 7.99. The fourth-order valence-corrected chi connectivity index (χ4v) is 3.11. The molecule has 0 saturated heterocycles. The molecule has 1 N–H and O–H groups in total. The van der Waals surface area contributed by atoms with E-state index in [1.54, 1.807) is 0 Å². The predicted octanol–water partition coefficient (Wildman–Crippen LogP) is 2.69. The molecule has 1 aromatic rings. The van der Waals surface area contributed by atoms with Gasteiger partial charge >= 0.3 is 5.97 Å². The molecule has 0 atom stereocenters. The van der Waals surface area contributed by atoms with Crippen LogP contribution in [0.1, 0.15) is 17.5 Å². The number of carboxylic acids is 1. The number of nitrogens with zero attached hydrogens (tertiary/aromatic N) is 1. The van der Waals surface area contributed by atoms with Crippen LogP contribution in [0.25, 0.3) is 0 Å². The van der Waals surface area contributed by atoms with Crippen LogP contribution in [0.5, 0.6) is 0 Å². The van der Waals surface area contributed by atoms with Gasteiger partial charge in [0.2, 0.25) is 0 Å². The fourth-order valence-electron chi connectivity index (χ4n) is 1.99. The summed E-state index contributed by atoms with van der Waals surface area (Å²) in [5, 5.41) is 8.76. The van der Waals surface area contributed by atoms with E-state index in [-0.39, 0.29) is 6.42 Å². The summed E-state index contributed by atoms with van der Waals surface area (Å²) in [5.41, 5.74) is 3.77. The summed E-state index contributed by atoms with van der Waals surface area (Å²) in [6.07, 6.45) is 0.205. The highest BCUT2D eigenvalue weighted by Gasteiger charge is 2.18. The maximum absolute atomic E-state index is 10.6. The van der Waals surface area contributed by atoms with Gasteiger partial charge in [-0.3, -0.25) is 4.79 Å². The van der Waals surface area contributed by atoms with Crippen molar-refractivity contribution in [2.75, 3.05) is 23.7 Å². The van der Waals surface area contributed by atoms with E-state index in [4.69, 9.17) is 5.11 Å². The fraction of sp³-hybridized carbons (Fsp3) is 0.462. The van der Waals surface area contributed by atoms with Gasteiger partial charge in [0.1, 0.15) is 0 Å². The van der Waals surface area contributed by atoms with Gasteiger partial charge in [0.15, 0.2) is 0 Å². The van der Waals surface area contributed by atoms with E-state index in [0.717, 1.165) is 12.3 Å². The Hall–Kier alpha value is -1.16. The lowest BCUT2D eigenvalue weighted by Crippen LogP contribution is -2.31. The van der Waals surface area contributed by atoms with Crippen LogP contribution in [-0.4, -0.2) is 29.9 Å². The zero-order valence-corrected chi connectivity index (χ0v) is 11.0. The minimum Gasteiger partial charge on any atom is -0.481 e. The standard InChI is InChI=1S/C13H17NO2S/c1-9-7-11-12(8-10(9)2)17-6-5-14(11)4-3-13(15)16/h7-8H,3-6H2,1-2H3,(H,15,16). The topological polar surface area (TPSA) is 40.5 Å². The Morgan fingerprint density at radius 3 is 2.82 bits per heavy atom. The van der Waals surface area contributed by atoms with Gasteiger partial charge < -0.3 is 10.0 Å². The molecule has 0 spiro atoms. The van der Waals surface area contributed by atoms with E-state index in [2.05, 4.69) is 30.9 Å². The van der Waals surface area contributed by atoms with Crippen molar-refractivity contribution in [3.8, 4) is 0 Å². The summed E-state index contributed by atoms with van der Waals surface area (Å²) in [7, 11) is 0. The molecule has 1 aliphatic rings. The van der Waals surface area contributed by atoms with Crippen LogP contribution in [0.15, 0.2) is 17.0 Å². The van der Waals surface area contributed by atoms with Crippen LogP contribution in [0.4, 0.5) is 5.69 Å². The van der Waals surface area contributed by atoms with Crippen molar-refractivity contribution in [2.24, 2.45) is 0 Å². The molecule has 0 unspecified atom stereocenters. The third kappa shape index (κ3) is 2.75. The van der Waals surface area contributed by atoms with Crippen LogP contribution in [0, 0.1) is 13.8 Å². The number of carbonyl (C=O) groups is 1. The summed E-state index contributed by atoms with van der Waals surface area (Å²) < 4.78 is 0. The molecule has 1 heterocycles. The van der Waals surface area contributed by atoms with Gasteiger partial charge in [-0.1, -0.05) is 0 Å². The Morgan fingerprint density at radius 1 is 1.41 bits per heavy atom. The second-order valence-electron chi connectivity index (χ2n) is 4.38. The summed E-state index contributed by atoms with van der Waals surface area (Å²) >= 11 is 1.86. The number of aliphatic carboxylic acids is 1. The van der Waals surface area contributed by atoms with Crippen molar-refractivity contribution in [2.45, 2.75) is 25.2 Å². The molecular weight excluding hydrogens is 234 g/mol. The molecule has 1 aromatic carbocycles. The maximum atomic E-state index is 10.6.